The molecule has 0 saturated heterocycles. The summed E-state index contributed by atoms with van der Waals surface area (Å²) in [7, 11) is 3.08. The van der Waals surface area contributed by atoms with Crippen molar-refractivity contribution in [3.8, 4) is 35.5 Å². The second-order valence-electron chi connectivity index (χ2n) is 6.90. The van der Waals surface area contributed by atoms with Crippen LogP contribution >= 0.6 is 0 Å². The van der Waals surface area contributed by atoms with Gasteiger partial charge >= 0.3 is 0 Å². The highest BCUT2D eigenvalue weighted by Gasteiger charge is 2.33. The quantitative estimate of drug-likeness (QED) is 0.613. The predicted octanol–water partition coefficient (Wildman–Crippen LogP) is 2.47. The molecule has 3 heterocycles. The summed E-state index contributed by atoms with van der Waals surface area (Å²) in [6.45, 7) is 2.01. The molecule has 1 aliphatic rings. The normalized spacial score (nSPS) is 14.9. The van der Waals surface area contributed by atoms with Gasteiger partial charge < -0.3 is 19.5 Å². The Balaban J connectivity index is 1.79. The van der Waals surface area contributed by atoms with Gasteiger partial charge in [-0.25, -0.2) is 0 Å². The van der Waals surface area contributed by atoms with Gasteiger partial charge in [-0.2, -0.15) is 9.78 Å². The summed E-state index contributed by atoms with van der Waals surface area (Å²) < 4.78 is 17.7. The minimum atomic E-state index is -0.220. The van der Waals surface area contributed by atoms with E-state index in [1.165, 1.54) is 7.11 Å². The number of rotatable bonds is 6. The maximum Gasteiger partial charge on any atom is 0.233 e. The number of nitrogens with zero attached hydrogens (tertiary/aromatic N) is 4. The number of anilines is 1. The standard InChI is InChI=1S/C22H21N5O4/c1-5-10-31-17-11-14(6-7-16(17)29-3)15-12-19(28)23-22-21(15)13(2)26-27(22)18-8-9-20(30-4)25-24-18/h1,6-9,11,15H,10,12H2,2-4H3,(H,23,28)/t15-/m1/s1. The molecule has 1 aliphatic heterocycles. The number of amides is 1. The summed E-state index contributed by atoms with van der Waals surface area (Å²) in [6.07, 6.45) is 5.60. The zero-order valence-electron chi connectivity index (χ0n) is 17.4. The van der Waals surface area contributed by atoms with Crippen LogP contribution in [0.5, 0.6) is 17.4 Å². The lowest BCUT2D eigenvalue weighted by atomic mass is 9.85. The number of hydrogen-bond donors (Lipinski definition) is 1. The van der Waals surface area contributed by atoms with Gasteiger partial charge in [-0.1, -0.05) is 12.0 Å². The first-order chi connectivity index (χ1) is 15.0. The van der Waals surface area contributed by atoms with Crippen LogP contribution in [0.3, 0.4) is 0 Å². The van der Waals surface area contributed by atoms with Gasteiger partial charge in [0.2, 0.25) is 11.8 Å². The van der Waals surface area contributed by atoms with Crippen molar-refractivity contribution in [3.63, 3.8) is 0 Å². The van der Waals surface area contributed by atoms with Crippen molar-refractivity contribution in [1.82, 2.24) is 20.0 Å². The first-order valence-electron chi connectivity index (χ1n) is 9.57. The average Bonchev–Trinajstić information content (AvgIpc) is 3.13. The van der Waals surface area contributed by atoms with E-state index in [1.807, 2.05) is 25.1 Å². The summed E-state index contributed by atoms with van der Waals surface area (Å²) in [5.74, 6) is 4.63. The van der Waals surface area contributed by atoms with Gasteiger partial charge in [0.05, 0.1) is 19.9 Å². The Morgan fingerprint density at radius 3 is 2.71 bits per heavy atom. The number of nitrogens with one attached hydrogen (secondary N) is 1. The number of ether oxygens (including phenoxy) is 3. The fourth-order valence-electron chi connectivity index (χ4n) is 3.67. The van der Waals surface area contributed by atoms with Gasteiger partial charge in [0, 0.05) is 24.0 Å². The third-order valence-electron chi connectivity index (χ3n) is 5.06. The molecule has 3 aromatic rings. The highest BCUT2D eigenvalue weighted by Crippen LogP contribution is 2.42. The fourth-order valence-corrected chi connectivity index (χ4v) is 3.67. The summed E-state index contributed by atoms with van der Waals surface area (Å²) in [5, 5.41) is 15.7. The molecule has 9 heteroatoms. The molecule has 0 saturated carbocycles. The van der Waals surface area contributed by atoms with Gasteiger partial charge in [-0.05, 0) is 30.7 Å². The minimum absolute atomic E-state index is 0.114. The molecular weight excluding hydrogens is 398 g/mol. The van der Waals surface area contributed by atoms with E-state index in [-0.39, 0.29) is 24.9 Å². The molecule has 1 atom stereocenters. The van der Waals surface area contributed by atoms with E-state index in [1.54, 1.807) is 23.9 Å². The molecule has 1 amide bonds. The Morgan fingerprint density at radius 1 is 1.19 bits per heavy atom. The molecule has 1 aromatic carbocycles. The first kappa shape index (κ1) is 20.2. The summed E-state index contributed by atoms with van der Waals surface area (Å²) in [6, 6.07) is 8.99. The maximum absolute atomic E-state index is 12.6. The average molecular weight is 419 g/mol. The number of hydrogen-bond acceptors (Lipinski definition) is 7. The fraction of sp³-hybridized carbons (Fsp3) is 0.273. The Bertz CT molecular complexity index is 1160. The monoisotopic (exact) mass is 419 g/mol. The van der Waals surface area contributed by atoms with E-state index in [2.05, 4.69) is 26.5 Å². The van der Waals surface area contributed by atoms with E-state index in [4.69, 9.17) is 20.6 Å². The van der Waals surface area contributed by atoms with E-state index >= 15 is 0 Å². The number of terminal acetylenes is 1. The molecule has 31 heavy (non-hydrogen) atoms. The summed E-state index contributed by atoms with van der Waals surface area (Å²) >= 11 is 0. The van der Waals surface area contributed by atoms with Crippen LogP contribution in [0.2, 0.25) is 0 Å². The van der Waals surface area contributed by atoms with Crippen LogP contribution in [0.1, 0.15) is 29.2 Å². The SMILES string of the molecule is C#CCOc1cc([C@H]2CC(=O)Nc3c2c(C)nn3-c2ccc(OC)nn2)ccc1OC. The van der Waals surface area contributed by atoms with Crippen molar-refractivity contribution in [2.24, 2.45) is 0 Å². The first-order valence-corrected chi connectivity index (χ1v) is 9.57. The zero-order chi connectivity index (χ0) is 22.0. The number of methoxy groups -OCH3 is 2. The van der Waals surface area contributed by atoms with E-state index in [9.17, 15) is 4.79 Å². The lowest BCUT2D eigenvalue weighted by Gasteiger charge is -2.25. The second kappa shape index (κ2) is 8.36. The van der Waals surface area contributed by atoms with Gasteiger partial charge in [-0.3, -0.25) is 4.79 Å². The predicted molar refractivity (Wildman–Crippen MR) is 113 cm³/mol. The number of aromatic nitrogens is 4. The molecule has 158 valence electrons. The number of benzene rings is 1. The molecule has 1 N–H and O–H groups in total. The molecule has 0 spiro atoms. The van der Waals surface area contributed by atoms with Crippen LogP contribution in [0.15, 0.2) is 30.3 Å². The van der Waals surface area contributed by atoms with Crippen molar-refractivity contribution in [2.45, 2.75) is 19.3 Å². The number of carbonyl (C=O) groups excluding carboxylic acids is 1. The number of fused-ring (bicyclic) bond motifs is 1. The maximum atomic E-state index is 12.6. The highest BCUT2D eigenvalue weighted by molar-refractivity contribution is 5.95. The van der Waals surface area contributed by atoms with Crippen molar-refractivity contribution in [3.05, 3.63) is 47.2 Å². The topological polar surface area (TPSA) is 100 Å². The Morgan fingerprint density at radius 2 is 2.03 bits per heavy atom. The smallest absolute Gasteiger partial charge is 0.233 e. The Kier molecular flexibility index (Phi) is 5.45. The van der Waals surface area contributed by atoms with Crippen molar-refractivity contribution < 1.29 is 19.0 Å². The van der Waals surface area contributed by atoms with Crippen LogP contribution in [0.25, 0.3) is 5.82 Å². The summed E-state index contributed by atoms with van der Waals surface area (Å²) in [5.41, 5.74) is 2.58. The molecule has 0 aliphatic carbocycles. The zero-order valence-corrected chi connectivity index (χ0v) is 17.4. The van der Waals surface area contributed by atoms with Crippen LogP contribution in [-0.2, 0) is 4.79 Å². The highest BCUT2D eigenvalue weighted by atomic mass is 16.5. The molecule has 9 nitrogen and oxygen atoms in total. The van der Waals surface area contributed by atoms with Gasteiger partial charge in [0.25, 0.3) is 0 Å². The van der Waals surface area contributed by atoms with Gasteiger partial charge in [0.1, 0.15) is 12.4 Å². The van der Waals surface area contributed by atoms with Crippen LogP contribution < -0.4 is 19.5 Å². The molecular formula is C22H21N5O4. The van der Waals surface area contributed by atoms with Crippen molar-refractivity contribution >= 4 is 11.7 Å². The molecule has 0 radical (unpaired) electrons. The largest absolute Gasteiger partial charge is 0.493 e. The molecule has 2 aromatic heterocycles. The van der Waals surface area contributed by atoms with Crippen LogP contribution in [-0.4, -0.2) is 46.7 Å². The third kappa shape index (κ3) is 3.75. The second-order valence-corrected chi connectivity index (χ2v) is 6.90. The lowest BCUT2D eigenvalue weighted by Crippen LogP contribution is -2.25. The molecule has 0 bridgehead atoms. The Labute approximate surface area is 179 Å². The van der Waals surface area contributed by atoms with Crippen LogP contribution in [0, 0.1) is 19.3 Å². The van der Waals surface area contributed by atoms with Crippen molar-refractivity contribution in [1.29, 1.82) is 0 Å². The van der Waals surface area contributed by atoms with E-state index in [0.717, 1.165) is 16.8 Å². The molecule has 4 rings (SSSR count). The van der Waals surface area contributed by atoms with Gasteiger partial charge in [-0.15, -0.1) is 16.6 Å². The molecule has 0 fully saturated rings. The third-order valence-corrected chi connectivity index (χ3v) is 5.06. The van der Waals surface area contributed by atoms with E-state index in [0.29, 0.717) is 29.0 Å². The molecule has 0 unspecified atom stereocenters. The number of carbonyl (C=O) groups is 1. The van der Waals surface area contributed by atoms with E-state index < -0.39 is 0 Å². The number of aryl methyl sites for hydroxylation is 1. The Hall–Kier alpha value is -4.06. The van der Waals surface area contributed by atoms with Gasteiger partial charge in [0.15, 0.2) is 17.3 Å². The lowest BCUT2D eigenvalue weighted by molar-refractivity contribution is -0.116. The minimum Gasteiger partial charge on any atom is -0.493 e. The summed E-state index contributed by atoms with van der Waals surface area (Å²) in [4.78, 5) is 12.6. The van der Waals surface area contributed by atoms with Crippen LogP contribution in [0.4, 0.5) is 5.82 Å². The van der Waals surface area contributed by atoms with Crippen molar-refractivity contribution in [2.75, 3.05) is 26.1 Å².